The van der Waals surface area contributed by atoms with Crippen LogP contribution < -0.4 is 5.32 Å². The number of carbonyl (C=O) groups is 4. The van der Waals surface area contributed by atoms with Crippen LogP contribution in [0.15, 0.2) is 133 Å². The van der Waals surface area contributed by atoms with E-state index in [1.165, 1.54) is 23.6 Å². The van der Waals surface area contributed by atoms with Gasteiger partial charge in [-0.15, -0.1) is 9.57 Å². The number of benzene rings is 3. The predicted molar refractivity (Wildman–Crippen MR) is 224 cm³/mol. The Bertz CT molecular complexity index is 2240. The Hall–Kier alpha value is -5.71. The molecular formula is C42H43N7O7S2. The summed E-state index contributed by atoms with van der Waals surface area (Å²) in [5.74, 6) is -3.32. The third-order valence-electron chi connectivity index (χ3n) is 9.68. The molecule has 0 saturated carbocycles. The van der Waals surface area contributed by atoms with Crippen molar-refractivity contribution in [3.63, 3.8) is 0 Å². The number of aliphatic carboxylic acids is 1. The fourth-order valence-electron chi connectivity index (χ4n) is 7.06. The normalized spacial score (nSPS) is 21.6. The van der Waals surface area contributed by atoms with Gasteiger partial charge in [0.1, 0.15) is 44.8 Å². The minimum atomic E-state index is -1.57. The van der Waals surface area contributed by atoms with Gasteiger partial charge < -0.3 is 20.0 Å². The number of hydrogen-bond donors (Lipinski definition) is 2. The number of likely N-dealkylation sites (N-methyl/N-ethyl adjacent to an activating group) is 1. The average molecular weight is 822 g/mol. The minimum Gasteiger partial charge on any atom is -0.477 e. The molecule has 16 heteroatoms. The first kappa shape index (κ1) is 40.5. The van der Waals surface area contributed by atoms with E-state index in [0.29, 0.717) is 22.2 Å². The highest BCUT2D eigenvalue weighted by atomic mass is 32.2. The Morgan fingerprint density at radius 3 is 2.02 bits per heavy atom. The second kappa shape index (κ2) is 15.9. The fraction of sp³-hybridized carbons (Fsp3) is 0.310. The molecule has 3 aromatic carbocycles. The van der Waals surface area contributed by atoms with E-state index in [2.05, 4.69) is 10.5 Å². The number of amides is 2. The molecule has 14 nitrogen and oxygen atoms in total. The maximum Gasteiger partial charge on any atom is 0.353 e. The van der Waals surface area contributed by atoms with Crippen molar-refractivity contribution in [1.82, 2.24) is 15.1 Å². The van der Waals surface area contributed by atoms with Crippen LogP contribution in [-0.4, -0.2) is 90.7 Å². The molecule has 4 aliphatic rings. The van der Waals surface area contributed by atoms with Crippen LogP contribution >= 0.6 is 11.8 Å². The molecule has 2 unspecified atom stereocenters. The number of hydrogen-bond acceptors (Lipinski definition) is 12. The van der Waals surface area contributed by atoms with Crippen molar-refractivity contribution in [3.05, 3.63) is 130 Å². The molecule has 0 spiro atoms. The number of nitrogens with zero attached hydrogens (tertiary/aromatic N) is 6. The highest BCUT2D eigenvalue weighted by Crippen LogP contribution is 2.48. The molecule has 3 aromatic rings. The van der Waals surface area contributed by atoms with Crippen LogP contribution in [0.4, 0.5) is 0 Å². The lowest BCUT2D eigenvalue weighted by Gasteiger charge is -2.52. The second-order valence-corrected chi connectivity index (χ2v) is 17.7. The number of β-lactam (4-membered cyclic amide) rings is 1. The molecule has 300 valence electrons. The van der Waals surface area contributed by atoms with Crippen molar-refractivity contribution < 1.29 is 33.9 Å². The van der Waals surface area contributed by atoms with Crippen LogP contribution in [0.5, 0.6) is 0 Å². The van der Waals surface area contributed by atoms with Crippen molar-refractivity contribution in [3.8, 4) is 0 Å². The van der Waals surface area contributed by atoms with Crippen molar-refractivity contribution in [2.24, 2.45) is 19.7 Å². The zero-order valence-electron chi connectivity index (χ0n) is 32.8. The molecule has 0 aliphatic carbocycles. The molecule has 2 N–H and O–H groups in total. The maximum absolute atomic E-state index is 14.6. The molecule has 4 heterocycles. The van der Waals surface area contributed by atoms with Gasteiger partial charge in [0.05, 0.1) is 5.41 Å². The van der Waals surface area contributed by atoms with Crippen LogP contribution in [0.25, 0.3) is 0 Å². The van der Waals surface area contributed by atoms with Gasteiger partial charge in [-0.2, -0.15) is 0 Å². The summed E-state index contributed by atoms with van der Waals surface area (Å²) in [6.45, 7) is 10.6. The zero-order valence-corrected chi connectivity index (χ0v) is 34.4. The van der Waals surface area contributed by atoms with Crippen LogP contribution in [0.1, 0.15) is 58.2 Å². The topological polar surface area (TPSA) is 175 Å². The summed E-state index contributed by atoms with van der Waals surface area (Å²) in [4.78, 5) is 68.0. The standard InChI is InChI=1S/C42H43N7O7S2/c1-7-43-23-29-32(37(52)53)49-35(51)33-36(49)57-34(29)46-47-58-25-30(48(33)31(50)24-44-56-41(5,6)39(54)55-40(2,3)4)45-38(58)42(26-17-11-8-12-18-26,27-19-13-9-14-20-27)28-21-15-10-16-22-28/h8-22,24-25,33,36,43H,7,23H2,1-6H3,(H,52,53)/b44-24-,46-34-/t33?,36-,58?/m0/s1. The SMILES string of the molecule is CCNCC1=C(C(=O)O)N2C(=O)C3[C@@H]2S/C1=N\N=S1/C=C(N=C1C(c1ccccc1)(c1ccccc1)c1ccccc1)N3C(=O)/C=N\OC(C)(C)C(=O)OC(C)(C)C. The van der Waals surface area contributed by atoms with E-state index in [0.717, 1.165) is 34.7 Å². The molecule has 1 saturated heterocycles. The molecule has 58 heavy (non-hydrogen) atoms. The highest BCUT2D eigenvalue weighted by molar-refractivity contribution is 8.15. The van der Waals surface area contributed by atoms with Gasteiger partial charge in [-0.25, -0.2) is 14.6 Å². The Balaban J connectivity index is 1.45. The number of nitrogens with one attached hydrogen (secondary N) is 1. The van der Waals surface area contributed by atoms with Gasteiger partial charge in [-0.05, 0) is 57.9 Å². The van der Waals surface area contributed by atoms with Gasteiger partial charge >= 0.3 is 11.9 Å². The van der Waals surface area contributed by atoms with E-state index >= 15 is 0 Å². The Labute approximate surface area is 342 Å². The number of carboxylic acids is 1. The molecule has 3 atom stereocenters. The van der Waals surface area contributed by atoms with Gasteiger partial charge in [0.15, 0.2) is 0 Å². The molecule has 2 amide bonds. The lowest BCUT2D eigenvalue weighted by molar-refractivity contribution is -0.179. The molecular weight excluding hydrogens is 779 g/mol. The Kier molecular flexibility index (Phi) is 11.1. The van der Waals surface area contributed by atoms with Crippen molar-refractivity contribution in [2.45, 2.75) is 69.6 Å². The number of thioether (sulfide) groups is 1. The third kappa shape index (κ3) is 7.31. The van der Waals surface area contributed by atoms with E-state index in [1.54, 1.807) is 26.2 Å². The monoisotopic (exact) mass is 821 g/mol. The van der Waals surface area contributed by atoms with Crippen molar-refractivity contribution in [2.75, 3.05) is 13.1 Å². The lowest BCUT2D eigenvalue weighted by atomic mass is 9.70. The summed E-state index contributed by atoms with van der Waals surface area (Å²) in [6.07, 6.45) is 0.878. The number of oxime groups is 1. The second-order valence-electron chi connectivity index (χ2n) is 15.2. The first-order chi connectivity index (χ1) is 27.7. The number of fused-ring (bicyclic) bond motifs is 2. The quantitative estimate of drug-likeness (QED) is 0.0781. The van der Waals surface area contributed by atoms with E-state index in [1.807, 2.05) is 97.9 Å². The molecule has 1 fully saturated rings. The summed E-state index contributed by atoms with van der Waals surface area (Å²) in [5, 5.41) is 24.0. The molecule has 0 radical (unpaired) electrons. The summed E-state index contributed by atoms with van der Waals surface area (Å²) in [5.41, 5.74) is -0.783. The fourth-order valence-corrected chi connectivity index (χ4v) is 10.0. The number of carboxylic acid groups (broad SMARTS) is 1. The van der Waals surface area contributed by atoms with Crippen LogP contribution in [0.2, 0.25) is 0 Å². The van der Waals surface area contributed by atoms with E-state index in [4.69, 9.17) is 24.1 Å². The first-order valence-corrected chi connectivity index (χ1v) is 20.8. The van der Waals surface area contributed by atoms with Gasteiger partial charge in [0.25, 0.3) is 11.8 Å². The number of ether oxygens (including phenoxy) is 1. The predicted octanol–water partition coefficient (Wildman–Crippen LogP) is 5.54. The number of carbonyl (C=O) groups excluding carboxylic acids is 3. The first-order valence-electron chi connectivity index (χ1n) is 18.6. The summed E-state index contributed by atoms with van der Waals surface area (Å²) in [6, 6.07) is 28.3. The average Bonchev–Trinajstić information content (AvgIpc) is 3.61. The molecule has 4 bridgehead atoms. The van der Waals surface area contributed by atoms with Gasteiger partial charge in [0, 0.05) is 28.2 Å². The van der Waals surface area contributed by atoms with Crippen LogP contribution in [0, 0.1) is 0 Å². The van der Waals surface area contributed by atoms with Crippen LogP contribution in [0.3, 0.4) is 0 Å². The Morgan fingerprint density at radius 1 is 0.931 bits per heavy atom. The summed E-state index contributed by atoms with van der Waals surface area (Å²) >= 11 is 1.15. The largest absolute Gasteiger partial charge is 0.477 e. The number of aliphatic imine (C=N–C) groups is 1. The van der Waals surface area contributed by atoms with E-state index in [9.17, 15) is 24.3 Å². The molecule has 7 rings (SSSR count). The minimum absolute atomic E-state index is 0.105. The van der Waals surface area contributed by atoms with Crippen LogP contribution in [-0.2, 0) is 44.9 Å². The van der Waals surface area contributed by atoms with Gasteiger partial charge in [-0.3, -0.25) is 19.4 Å². The maximum atomic E-state index is 14.6. The zero-order chi connectivity index (χ0) is 41.4. The smallest absolute Gasteiger partial charge is 0.353 e. The third-order valence-corrected chi connectivity index (χ3v) is 12.4. The van der Waals surface area contributed by atoms with E-state index < -0.39 is 62.5 Å². The van der Waals surface area contributed by atoms with Gasteiger partial charge in [0.2, 0.25) is 5.60 Å². The highest BCUT2D eigenvalue weighted by Gasteiger charge is 2.60. The molecule has 0 aromatic heterocycles. The molecule has 4 aliphatic heterocycles. The number of esters is 1. The number of rotatable bonds is 12. The van der Waals surface area contributed by atoms with Crippen molar-refractivity contribution >= 4 is 62.5 Å². The summed E-state index contributed by atoms with van der Waals surface area (Å²) < 4.78 is 10.4. The Morgan fingerprint density at radius 2 is 1.50 bits per heavy atom. The van der Waals surface area contributed by atoms with Gasteiger partial charge in [-0.1, -0.05) is 115 Å². The van der Waals surface area contributed by atoms with E-state index in [-0.39, 0.29) is 18.1 Å². The summed E-state index contributed by atoms with van der Waals surface area (Å²) in [7, 11) is -1.30. The lowest BCUT2D eigenvalue weighted by Crippen LogP contribution is -2.71. The van der Waals surface area contributed by atoms with Crippen molar-refractivity contribution in [1.29, 1.82) is 0 Å².